The first-order valence-corrected chi connectivity index (χ1v) is 12.7. The van der Waals surface area contributed by atoms with Gasteiger partial charge in [-0.05, 0) is 25.1 Å². The van der Waals surface area contributed by atoms with Crippen molar-refractivity contribution >= 4 is 56.3 Å². The summed E-state index contributed by atoms with van der Waals surface area (Å²) in [6.45, 7) is 0.261. The quantitative estimate of drug-likeness (QED) is 0.154. The Labute approximate surface area is 208 Å². The van der Waals surface area contributed by atoms with Gasteiger partial charge in [0.15, 0.2) is 27.2 Å². The normalized spacial score (nSPS) is 25.1. The summed E-state index contributed by atoms with van der Waals surface area (Å²) in [5, 5.41) is 12.6. The Morgan fingerprint density at radius 2 is 2.14 bits per heavy atom. The summed E-state index contributed by atoms with van der Waals surface area (Å²) in [6, 6.07) is 3.14. The molecular weight excluding hydrogens is 514 g/mol. The van der Waals surface area contributed by atoms with Crippen molar-refractivity contribution in [3.63, 3.8) is 0 Å². The third-order valence-corrected chi connectivity index (χ3v) is 9.19. The number of pyridine rings is 1. The Kier molecular flexibility index (Phi) is 6.40. The van der Waals surface area contributed by atoms with Gasteiger partial charge in [0.25, 0.3) is 5.91 Å². The number of ether oxygens (including phenoxy) is 1. The zero-order valence-corrected chi connectivity index (χ0v) is 20.3. The van der Waals surface area contributed by atoms with Gasteiger partial charge in [-0.15, -0.1) is 11.3 Å². The van der Waals surface area contributed by atoms with Crippen molar-refractivity contribution in [2.45, 2.75) is 29.6 Å². The number of β-lactam (4-membered cyclic amide) rings is 1. The van der Waals surface area contributed by atoms with Crippen molar-refractivity contribution in [3.05, 3.63) is 46.7 Å². The number of nitrogens with one attached hydrogen (secondary N) is 1. The van der Waals surface area contributed by atoms with Crippen molar-refractivity contribution in [2.24, 2.45) is 16.5 Å². The fourth-order valence-electron chi connectivity index (χ4n) is 3.98. The minimum atomic E-state index is -4.32. The minimum absolute atomic E-state index is 0.0780. The van der Waals surface area contributed by atoms with Gasteiger partial charge < -0.3 is 31.5 Å². The molecule has 6 N–H and O–H groups in total. The maximum absolute atomic E-state index is 13.4. The Bertz CT molecular complexity index is 1390. The maximum Gasteiger partial charge on any atom is 0.407 e. The zero-order chi connectivity index (χ0) is 26.3. The standard InChI is InChI=1S/C20H21N7O7S2/c1-20(9-34-19(31)24-7-11-8-35-18(25-11)26-17(21)22)13(16(29)30)27-14(28)12(15(27)36(20,32)33)6-10-4-2-3-5-23-10/h2-6,8,13,15H,7,9H2,1H3,(H,24,31)(H,29,30)(H4,21,22,25,26)/t13-,15+,20-/m0/s1. The number of sulfone groups is 1. The van der Waals surface area contributed by atoms with E-state index in [-0.39, 0.29) is 23.2 Å². The number of thiazole rings is 1. The molecule has 2 fully saturated rings. The van der Waals surface area contributed by atoms with Gasteiger partial charge in [-0.25, -0.2) is 23.0 Å². The number of guanidine groups is 1. The summed E-state index contributed by atoms with van der Waals surface area (Å²) >= 11 is 1.13. The number of alkyl carbamates (subject to hydrolysis) is 1. The van der Waals surface area contributed by atoms with Crippen LogP contribution in [0.3, 0.4) is 0 Å². The second kappa shape index (κ2) is 9.19. The molecule has 2 aromatic heterocycles. The monoisotopic (exact) mass is 535 g/mol. The highest BCUT2D eigenvalue weighted by Gasteiger charge is 2.72. The van der Waals surface area contributed by atoms with Crippen molar-refractivity contribution in [1.29, 1.82) is 0 Å². The van der Waals surface area contributed by atoms with Crippen LogP contribution in [0.4, 0.5) is 9.93 Å². The average molecular weight is 536 g/mol. The van der Waals surface area contributed by atoms with Gasteiger partial charge in [-0.1, -0.05) is 6.07 Å². The Hall–Kier alpha value is -4.05. The molecule has 0 unspecified atom stereocenters. The van der Waals surface area contributed by atoms with E-state index in [2.05, 4.69) is 20.3 Å². The first kappa shape index (κ1) is 25.1. The van der Waals surface area contributed by atoms with Crippen LogP contribution < -0.4 is 16.8 Å². The largest absolute Gasteiger partial charge is 0.480 e. The van der Waals surface area contributed by atoms with Crippen LogP contribution in [0, 0.1) is 0 Å². The number of hydrogen-bond donors (Lipinski definition) is 4. The molecule has 14 nitrogen and oxygen atoms in total. The number of amides is 2. The second-order valence-corrected chi connectivity index (χ2v) is 11.4. The fraction of sp³-hybridized carbons (Fsp3) is 0.300. The topological polar surface area (TPSA) is 220 Å². The van der Waals surface area contributed by atoms with E-state index in [4.69, 9.17) is 16.2 Å². The lowest BCUT2D eigenvalue weighted by atomic mass is 9.94. The third-order valence-electron chi connectivity index (χ3n) is 5.69. The van der Waals surface area contributed by atoms with Gasteiger partial charge in [0.1, 0.15) is 11.4 Å². The minimum Gasteiger partial charge on any atom is -0.480 e. The predicted octanol–water partition coefficient (Wildman–Crippen LogP) is -0.439. The lowest BCUT2D eigenvalue weighted by Crippen LogP contribution is -2.59. The number of hydrogen-bond acceptors (Lipinski definition) is 10. The molecule has 0 aromatic carbocycles. The lowest BCUT2D eigenvalue weighted by molar-refractivity contribution is -0.153. The zero-order valence-electron chi connectivity index (χ0n) is 18.7. The SMILES string of the molecule is C[C@]1(COC(=O)NCc2csc(N=C(N)N)n2)[C@H](C(=O)O)N2C(=O)C(=Cc3ccccn3)[C@H]2S1(=O)=O. The number of rotatable bonds is 7. The Morgan fingerprint density at radius 1 is 1.39 bits per heavy atom. The summed E-state index contributed by atoms with van der Waals surface area (Å²) in [7, 11) is -4.32. The molecule has 0 bridgehead atoms. The number of aliphatic carboxylic acids is 1. The van der Waals surface area contributed by atoms with Crippen molar-refractivity contribution in [2.75, 3.05) is 6.61 Å². The van der Waals surface area contributed by atoms with Gasteiger partial charge in [-0.2, -0.15) is 4.99 Å². The Balaban J connectivity index is 1.49. The van der Waals surface area contributed by atoms with Crippen LogP contribution in [-0.4, -0.2) is 75.1 Å². The van der Waals surface area contributed by atoms with Crippen LogP contribution >= 0.6 is 11.3 Å². The molecule has 2 saturated heterocycles. The number of carbonyl (C=O) groups is 3. The highest BCUT2D eigenvalue weighted by Crippen LogP contribution is 2.49. The molecule has 4 heterocycles. The smallest absolute Gasteiger partial charge is 0.407 e. The summed E-state index contributed by atoms with van der Waals surface area (Å²) in [5.41, 5.74) is 11.2. The van der Waals surface area contributed by atoms with Gasteiger partial charge in [0.2, 0.25) is 5.13 Å². The number of aliphatic imine (C=N–C) groups is 1. The summed E-state index contributed by atoms with van der Waals surface area (Å²) < 4.78 is 29.9. The van der Waals surface area contributed by atoms with E-state index < -0.39 is 50.6 Å². The van der Waals surface area contributed by atoms with Crippen molar-refractivity contribution in [1.82, 2.24) is 20.2 Å². The first-order valence-electron chi connectivity index (χ1n) is 10.3. The molecular formula is C20H21N7O7S2. The van der Waals surface area contributed by atoms with E-state index in [1.54, 1.807) is 23.6 Å². The molecule has 36 heavy (non-hydrogen) atoms. The molecule has 0 radical (unpaired) electrons. The summed E-state index contributed by atoms with van der Waals surface area (Å²) in [6.07, 6.45) is 1.78. The van der Waals surface area contributed by atoms with Gasteiger partial charge in [0, 0.05) is 11.6 Å². The van der Waals surface area contributed by atoms with Crippen LogP contribution in [0.2, 0.25) is 0 Å². The summed E-state index contributed by atoms with van der Waals surface area (Å²) in [5.74, 6) is -2.45. The van der Waals surface area contributed by atoms with E-state index in [0.717, 1.165) is 23.2 Å². The second-order valence-electron chi connectivity index (χ2n) is 8.11. The molecule has 3 atom stereocenters. The van der Waals surface area contributed by atoms with Crippen LogP contribution in [0.5, 0.6) is 0 Å². The van der Waals surface area contributed by atoms with E-state index in [9.17, 15) is 27.9 Å². The number of carbonyl (C=O) groups excluding carboxylic acids is 2. The highest BCUT2D eigenvalue weighted by atomic mass is 32.2. The average Bonchev–Trinajstić information content (AvgIpc) is 3.32. The molecule has 2 aliphatic heterocycles. The van der Waals surface area contributed by atoms with Crippen molar-refractivity contribution < 1.29 is 32.6 Å². The van der Waals surface area contributed by atoms with Crippen molar-refractivity contribution in [3.8, 4) is 0 Å². The molecule has 4 rings (SSSR count). The van der Waals surface area contributed by atoms with E-state index in [0.29, 0.717) is 11.4 Å². The van der Waals surface area contributed by atoms with Gasteiger partial charge in [0.05, 0.1) is 23.5 Å². The van der Waals surface area contributed by atoms with Crippen LogP contribution in [0.25, 0.3) is 6.08 Å². The fourth-order valence-corrected chi connectivity index (χ4v) is 6.96. The first-order chi connectivity index (χ1) is 17.0. The molecule has 16 heteroatoms. The van der Waals surface area contributed by atoms with Crippen LogP contribution in [0.1, 0.15) is 18.3 Å². The third kappa shape index (κ3) is 4.24. The molecule has 2 aromatic rings. The number of aromatic nitrogens is 2. The van der Waals surface area contributed by atoms with Gasteiger partial charge in [-0.3, -0.25) is 9.78 Å². The molecule has 0 saturated carbocycles. The number of fused-ring (bicyclic) bond motifs is 1. The van der Waals surface area contributed by atoms with E-state index in [1.807, 2.05) is 0 Å². The summed E-state index contributed by atoms with van der Waals surface area (Å²) in [4.78, 5) is 49.8. The van der Waals surface area contributed by atoms with Crippen LogP contribution in [0.15, 0.2) is 40.3 Å². The van der Waals surface area contributed by atoms with E-state index >= 15 is 0 Å². The van der Waals surface area contributed by atoms with Crippen LogP contribution in [-0.2, 0) is 30.7 Å². The number of nitrogens with zero attached hydrogens (tertiary/aromatic N) is 4. The lowest BCUT2D eigenvalue weighted by Gasteiger charge is -2.37. The number of carboxylic acid groups (broad SMARTS) is 1. The molecule has 0 spiro atoms. The van der Waals surface area contributed by atoms with E-state index in [1.165, 1.54) is 12.3 Å². The van der Waals surface area contributed by atoms with Gasteiger partial charge >= 0.3 is 12.1 Å². The molecule has 190 valence electrons. The number of nitrogens with two attached hydrogens (primary N) is 2. The number of carboxylic acids is 1. The highest BCUT2D eigenvalue weighted by molar-refractivity contribution is 7.94. The maximum atomic E-state index is 13.4. The Morgan fingerprint density at radius 3 is 2.78 bits per heavy atom. The molecule has 0 aliphatic carbocycles. The predicted molar refractivity (Wildman–Crippen MR) is 127 cm³/mol. The molecule has 2 aliphatic rings. The molecule has 2 amide bonds.